The molecule has 0 aromatic rings. The quantitative estimate of drug-likeness (QED) is 0.680. The van der Waals surface area contributed by atoms with Crippen molar-refractivity contribution in [2.75, 3.05) is 12.3 Å². The molecule has 0 spiro atoms. The van der Waals surface area contributed by atoms with Crippen LogP contribution in [0.5, 0.6) is 0 Å². The van der Waals surface area contributed by atoms with Gasteiger partial charge in [-0.25, -0.2) is 0 Å². The highest BCUT2D eigenvalue weighted by atomic mass is 32.2. The molecule has 2 atom stereocenters. The largest absolute Gasteiger partial charge is 0.299 e. The van der Waals surface area contributed by atoms with E-state index in [9.17, 15) is 0 Å². The van der Waals surface area contributed by atoms with Crippen molar-refractivity contribution in [2.24, 2.45) is 0 Å². The fraction of sp³-hybridized carbons (Fsp3) is 0.875. The van der Waals surface area contributed by atoms with Gasteiger partial charge < -0.3 is 0 Å². The van der Waals surface area contributed by atoms with Crippen LogP contribution < -0.4 is 5.32 Å². The second kappa shape index (κ2) is 3.46. The average Bonchev–Trinajstić information content (AvgIpc) is 2.35. The molecule has 0 aromatic heterocycles. The Morgan fingerprint density at radius 2 is 2.55 bits per heavy atom. The first-order valence-electron chi connectivity index (χ1n) is 4.03. The van der Waals surface area contributed by atoms with Crippen LogP contribution in [0.2, 0.25) is 0 Å². The Kier molecular flexibility index (Phi) is 2.80. The van der Waals surface area contributed by atoms with Crippen molar-refractivity contribution in [3.8, 4) is 6.07 Å². The minimum absolute atomic E-state index is 0.237. The average molecular weight is 170 g/mol. The molecule has 1 heterocycles. The fourth-order valence-corrected chi connectivity index (χ4v) is 2.81. The van der Waals surface area contributed by atoms with Gasteiger partial charge >= 0.3 is 0 Å². The maximum absolute atomic E-state index is 8.99. The van der Waals surface area contributed by atoms with Crippen LogP contribution in [0, 0.1) is 11.3 Å². The fourth-order valence-electron chi connectivity index (χ4n) is 1.48. The van der Waals surface area contributed by atoms with Crippen molar-refractivity contribution >= 4 is 11.8 Å². The van der Waals surface area contributed by atoms with Gasteiger partial charge in [0.1, 0.15) is 5.54 Å². The van der Waals surface area contributed by atoms with Gasteiger partial charge in [-0.15, -0.1) is 0 Å². The van der Waals surface area contributed by atoms with Gasteiger partial charge in [-0.05, 0) is 18.7 Å². The number of rotatable bonds is 2. The van der Waals surface area contributed by atoms with Crippen molar-refractivity contribution < 1.29 is 0 Å². The molecular formula is C8H14N2S. The van der Waals surface area contributed by atoms with Gasteiger partial charge in [0.15, 0.2) is 0 Å². The number of hydrogen-bond acceptors (Lipinski definition) is 3. The van der Waals surface area contributed by atoms with Crippen molar-refractivity contribution in [2.45, 2.75) is 31.1 Å². The Morgan fingerprint density at radius 3 is 2.91 bits per heavy atom. The molecule has 1 saturated heterocycles. The Labute approximate surface area is 72.4 Å². The number of hydrogen-bond donors (Lipinski definition) is 1. The summed E-state index contributed by atoms with van der Waals surface area (Å²) in [6, 6.07) is 2.40. The second-order valence-electron chi connectivity index (χ2n) is 2.88. The summed E-state index contributed by atoms with van der Waals surface area (Å²) in [5.41, 5.74) is -0.237. The second-order valence-corrected chi connectivity index (χ2v) is 4.33. The van der Waals surface area contributed by atoms with E-state index < -0.39 is 0 Å². The van der Waals surface area contributed by atoms with Crippen LogP contribution in [-0.2, 0) is 0 Å². The summed E-state index contributed by atoms with van der Waals surface area (Å²) in [5.74, 6) is 1.11. The molecule has 2 unspecified atom stereocenters. The van der Waals surface area contributed by atoms with E-state index in [0.717, 1.165) is 18.7 Å². The lowest BCUT2D eigenvalue weighted by Gasteiger charge is -2.25. The molecule has 0 aliphatic carbocycles. The third kappa shape index (κ3) is 1.52. The van der Waals surface area contributed by atoms with Crippen LogP contribution in [0.15, 0.2) is 0 Å². The Balaban J connectivity index is 2.67. The zero-order valence-electron chi connectivity index (χ0n) is 7.05. The molecule has 0 saturated carbocycles. The Bertz CT molecular complexity index is 175. The van der Waals surface area contributed by atoms with Crippen molar-refractivity contribution in [1.29, 1.82) is 5.26 Å². The monoisotopic (exact) mass is 170 g/mol. The first kappa shape index (κ1) is 8.89. The first-order chi connectivity index (χ1) is 5.25. The van der Waals surface area contributed by atoms with Gasteiger partial charge in [0.05, 0.1) is 6.07 Å². The molecule has 0 radical (unpaired) electrons. The van der Waals surface area contributed by atoms with E-state index in [0.29, 0.717) is 5.25 Å². The molecule has 1 aliphatic rings. The van der Waals surface area contributed by atoms with E-state index in [1.807, 2.05) is 11.8 Å². The zero-order valence-corrected chi connectivity index (χ0v) is 7.87. The first-order valence-corrected chi connectivity index (χ1v) is 5.08. The SMILES string of the molecule is CCNC1(C#N)CCSC1C. The van der Waals surface area contributed by atoms with E-state index in [1.54, 1.807) is 0 Å². The van der Waals surface area contributed by atoms with Crippen LogP contribution in [-0.4, -0.2) is 23.1 Å². The highest BCUT2D eigenvalue weighted by Gasteiger charge is 2.40. The summed E-state index contributed by atoms with van der Waals surface area (Å²) in [6.45, 7) is 5.07. The molecular weight excluding hydrogens is 156 g/mol. The summed E-state index contributed by atoms with van der Waals surface area (Å²) in [4.78, 5) is 0. The molecule has 1 aliphatic heterocycles. The lowest BCUT2D eigenvalue weighted by molar-refractivity contribution is 0.425. The standard InChI is InChI=1S/C8H14N2S/c1-3-10-8(6-9)4-5-11-7(8)2/h7,10H,3-5H2,1-2H3. The smallest absolute Gasteiger partial charge is 0.119 e. The molecule has 11 heavy (non-hydrogen) atoms. The summed E-state index contributed by atoms with van der Waals surface area (Å²) >= 11 is 1.88. The molecule has 62 valence electrons. The summed E-state index contributed by atoms with van der Waals surface area (Å²) in [5, 5.41) is 12.7. The van der Waals surface area contributed by atoms with E-state index in [-0.39, 0.29) is 5.54 Å². The van der Waals surface area contributed by atoms with E-state index in [1.165, 1.54) is 0 Å². The minimum atomic E-state index is -0.237. The van der Waals surface area contributed by atoms with Crippen molar-refractivity contribution in [3.63, 3.8) is 0 Å². The molecule has 3 heteroatoms. The molecule has 0 bridgehead atoms. The Hall–Kier alpha value is -0.200. The third-order valence-electron chi connectivity index (χ3n) is 2.25. The maximum Gasteiger partial charge on any atom is 0.119 e. The van der Waals surface area contributed by atoms with Gasteiger partial charge in [0, 0.05) is 5.25 Å². The summed E-state index contributed by atoms with van der Waals surface area (Å²) in [6.07, 6.45) is 0.989. The molecule has 1 N–H and O–H groups in total. The predicted octanol–water partition coefficient (Wildman–Crippen LogP) is 1.38. The van der Waals surface area contributed by atoms with E-state index >= 15 is 0 Å². The minimum Gasteiger partial charge on any atom is -0.299 e. The van der Waals surface area contributed by atoms with E-state index in [2.05, 4.69) is 25.2 Å². The van der Waals surface area contributed by atoms with Gasteiger partial charge in [0.2, 0.25) is 0 Å². The maximum atomic E-state index is 8.99. The van der Waals surface area contributed by atoms with Crippen LogP contribution in [0.1, 0.15) is 20.3 Å². The highest BCUT2D eigenvalue weighted by molar-refractivity contribution is 8.00. The van der Waals surface area contributed by atoms with Crippen LogP contribution in [0.25, 0.3) is 0 Å². The van der Waals surface area contributed by atoms with Gasteiger partial charge in [-0.2, -0.15) is 17.0 Å². The van der Waals surface area contributed by atoms with Gasteiger partial charge in [-0.1, -0.05) is 13.8 Å². The molecule has 1 fully saturated rings. The van der Waals surface area contributed by atoms with Crippen molar-refractivity contribution in [1.82, 2.24) is 5.32 Å². The number of thioether (sulfide) groups is 1. The lowest BCUT2D eigenvalue weighted by atomic mass is 9.95. The van der Waals surface area contributed by atoms with Gasteiger partial charge in [-0.3, -0.25) is 5.32 Å². The van der Waals surface area contributed by atoms with Crippen LogP contribution in [0.4, 0.5) is 0 Å². The number of nitrogens with zero attached hydrogens (tertiary/aromatic N) is 1. The third-order valence-corrected chi connectivity index (χ3v) is 3.59. The Morgan fingerprint density at radius 1 is 1.82 bits per heavy atom. The summed E-state index contributed by atoms with van der Waals surface area (Å²) < 4.78 is 0. The topological polar surface area (TPSA) is 35.8 Å². The zero-order chi connectivity index (χ0) is 8.32. The van der Waals surface area contributed by atoms with Crippen molar-refractivity contribution in [3.05, 3.63) is 0 Å². The molecule has 0 amide bonds. The van der Waals surface area contributed by atoms with Crippen LogP contribution in [0.3, 0.4) is 0 Å². The van der Waals surface area contributed by atoms with Crippen LogP contribution >= 0.6 is 11.8 Å². The van der Waals surface area contributed by atoms with E-state index in [4.69, 9.17) is 5.26 Å². The van der Waals surface area contributed by atoms with Gasteiger partial charge in [0.25, 0.3) is 0 Å². The number of nitriles is 1. The lowest BCUT2D eigenvalue weighted by Crippen LogP contribution is -2.48. The normalized spacial score (nSPS) is 37.0. The molecule has 1 rings (SSSR count). The summed E-state index contributed by atoms with van der Waals surface area (Å²) in [7, 11) is 0. The molecule has 2 nitrogen and oxygen atoms in total. The predicted molar refractivity (Wildman–Crippen MR) is 48.6 cm³/mol. The number of nitrogens with one attached hydrogen (secondary N) is 1. The highest BCUT2D eigenvalue weighted by Crippen LogP contribution is 2.34. The molecule has 0 aromatic carbocycles.